The topological polar surface area (TPSA) is 71.7 Å². The lowest BCUT2D eigenvalue weighted by Gasteiger charge is -2.36. The van der Waals surface area contributed by atoms with Crippen LogP contribution in [0, 0.1) is 0 Å². The fraction of sp³-hybridized carbons (Fsp3) is 0.192. The molecule has 33 heavy (non-hydrogen) atoms. The van der Waals surface area contributed by atoms with Gasteiger partial charge in [-0.05, 0) is 24.3 Å². The molecule has 7 heteroatoms. The number of carbonyl (C=O) groups is 1. The fourth-order valence-electron chi connectivity index (χ4n) is 3.89. The second kappa shape index (κ2) is 9.56. The van der Waals surface area contributed by atoms with E-state index in [1.54, 1.807) is 0 Å². The van der Waals surface area contributed by atoms with Crippen LogP contribution in [-0.4, -0.2) is 53.7 Å². The number of amides is 1. The zero-order valence-electron chi connectivity index (χ0n) is 18.1. The third-order valence-electron chi connectivity index (χ3n) is 5.68. The van der Waals surface area contributed by atoms with Gasteiger partial charge in [0, 0.05) is 37.4 Å². The Hall–Kier alpha value is -4.13. The first-order valence-electron chi connectivity index (χ1n) is 11.0. The zero-order valence-corrected chi connectivity index (χ0v) is 18.1. The van der Waals surface area contributed by atoms with Gasteiger partial charge in [-0.3, -0.25) is 4.79 Å². The van der Waals surface area contributed by atoms with Crippen LogP contribution in [0.5, 0.6) is 5.75 Å². The van der Waals surface area contributed by atoms with Crippen molar-refractivity contribution in [1.29, 1.82) is 0 Å². The van der Waals surface area contributed by atoms with Gasteiger partial charge in [0.2, 0.25) is 5.82 Å². The number of piperazine rings is 1. The van der Waals surface area contributed by atoms with E-state index < -0.39 is 0 Å². The van der Waals surface area contributed by atoms with Crippen LogP contribution in [0.2, 0.25) is 0 Å². The lowest BCUT2D eigenvalue weighted by molar-refractivity contribution is -0.133. The number of hydrogen-bond acceptors (Lipinski definition) is 6. The number of hydrogen-bond donors (Lipinski definition) is 0. The van der Waals surface area contributed by atoms with Crippen LogP contribution < -0.4 is 9.64 Å². The van der Waals surface area contributed by atoms with Crippen LogP contribution in [0.3, 0.4) is 0 Å². The van der Waals surface area contributed by atoms with Gasteiger partial charge in [0.15, 0.2) is 6.61 Å². The van der Waals surface area contributed by atoms with E-state index in [4.69, 9.17) is 9.26 Å². The molecular formula is C26H24N4O3. The van der Waals surface area contributed by atoms with E-state index in [2.05, 4.69) is 27.2 Å². The lowest BCUT2D eigenvalue weighted by atomic mass is 10.2. The van der Waals surface area contributed by atoms with Crippen LogP contribution in [0.4, 0.5) is 5.69 Å². The second-order valence-corrected chi connectivity index (χ2v) is 7.78. The summed E-state index contributed by atoms with van der Waals surface area (Å²) in [5, 5.41) is 4.08. The highest BCUT2D eigenvalue weighted by molar-refractivity contribution is 5.78. The molecule has 0 saturated carbocycles. The van der Waals surface area contributed by atoms with Crippen molar-refractivity contribution in [3.63, 3.8) is 0 Å². The van der Waals surface area contributed by atoms with Crippen molar-refractivity contribution < 1.29 is 14.1 Å². The molecule has 2 heterocycles. The van der Waals surface area contributed by atoms with Gasteiger partial charge in [-0.25, -0.2) is 0 Å². The molecule has 1 aromatic heterocycles. The molecule has 4 aromatic rings. The van der Waals surface area contributed by atoms with E-state index >= 15 is 0 Å². The molecule has 0 unspecified atom stereocenters. The third-order valence-corrected chi connectivity index (χ3v) is 5.68. The minimum Gasteiger partial charge on any atom is -0.483 e. The van der Waals surface area contributed by atoms with Crippen LogP contribution >= 0.6 is 0 Å². The van der Waals surface area contributed by atoms with E-state index in [9.17, 15) is 4.79 Å². The SMILES string of the molecule is O=C(COc1ccccc1-c1nc(-c2ccccc2)no1)N1CCN(c2ccccc2)CC1. The highest BCUT2D eigenvalue weighted by Crippen LogP contribution is 2.30. The molecule has 0 bridgehead atoms. The number of nitrogens with zero attached hydrogens (tertiary/aromatic N) is 4. The van der Waals surface area contributed by atoms with Crippen molar-refractivity contribution >= 4 is 11.6 Å². The minimum atomic E-state index is -0.0397. The third kappa shape index (κ3) is 4.72. The number of ether oxygens (including phenoxy) is 1. The molecule has 1 aliphatic heterocycles. The summed E-state index contributed by atoms with van der Waals surface area (Å²) in [6, 6.07) is 27.3. The van der Waals surface area contributed by atoms with Gasteiger partial charge in [-0.1, -0.05) is 65.8 Å². The molecule has 3 aromatic carbocycles. The monoisotopic (exact) mass is 440 g/mol. The number of aromatic nitrogens is 2. The van der Waals surface area contributed by atoms with Gasteiger partial charge in [-0.2, -0.15) is 4.98 Å². The summed E-state index contributed by atoms with van der Waals surface area (Å²) in [5.74, 6) is 1.37. The van der Waals surface area contributed by atoms with Crippen LogP contribution in [0.15, 0.2) is 89.5 Å². The van der Waals surface area contributed by atoms with Gasteiger partial charge < -0.3 is 19.1 Å². The Balaban J connectivity index is 1.22. The summed E-state index contributed by atoms with van der Waals surface area (Å²) in [4.78, 5) is 21.4. The van der Waals surface area contributed by atoms with Crippen molar-refractivity contribution in [3.05, 3.63) is 84.9 Å². The molecule has 1 amide bonds. The van der Waals surface area contributed by atoms with Gasteiger partial charge >= 0.3 is 0 Å². The largest absolute Gasteiger partial charge is 0.483 e. The molecule has 0 atom stereocenters. The Morgan fingerprint density at radius 2 is 1.52 bits per heavy atom. The van der Waals surface area contributed by atoms with Crippen molar-refractivity contribution in [3.8, 4) is 28.6 Å². The van der Waals surface area contributed by atoms with Crippen molar-refractivity contribution in [2.45, 2.75) is 0 Å². The van der Waals surface area contributed by atoms with Gasteiger partial charge in [0.25, 0.3) is 11.8 Å². The number of benzene rings is 3. The second-order valence-electron chi connectivity index (χ2n) is 7.78. The highest BCUT2D eigenvalue weighted by Gasteiger charge is 2.22. The first kappa shape index (κ1) is 20.8. The minimum absolute atomic E-state index is 0.0342. The summed E-state index contributed by atoms with van der Waals surface area (Å²) >= 11 is 0. The number of carbonyl (C=O) groups excluding carboxylic acids is 1. The van der Waals surface area contributed by atoms with Crippen LogP contribution in [0.25, 0.3) is 22.8 Å². The fourth-order valence-corrected chi connectivity index (χ4v) is 3.89. The van der Waals surface area contributed by atoms with Crippen molar-refractivity contribution in [2.24, 2.45) is 0 Å². The van der Waals surface area contributed by atoms with E-state index in [0.717, 1.165) is 18.7 Å². The summed E-state index contributed by atoms with van der Waals surface area (Å²) < 4.78 is 11.4. The number of anilines is 1. The van der Waals surface area contributed by atoms with E-state index in [-0.39, 0.29) is 12.5 Å². The maximum Gasteiger partial charge on any atom is 0.262 e. The van der Waals surface area contributed by atoms with Gasteiger partial charge in [0.1, 0.15) is 5.75 Å². The standard InChI is InChI=1S/C26H24N4O3/c31-24(30-17-15-29(16-18-30)21-11-5-2-6-12-21)19-32-23-14-8-7-13-22(23)26-27-25(28-33-26)20-9-3-1-4-10-20/h1-14H,15-19H2. The Morgan fingerprint density at radius 3 is 2.27 bits per heavy atom. The summed E-state index contributed by atoms with van der Waals surface area (Å²) in [5.41, 5.74) is 2.72. The maximum absolute atomic E-state index is 12.8. The van der Waals surface area contributed by atoms with E-state index in [1.165, 1.54) is 5.69 Å². The first-order chi connectivity index (χ1) is 16.3. The van der Waals surface area contributed by atoms with E-state index in [1.807, 2.05) is 77.7 Å². The molecule has 0 aliphatic carbocycles. The highest BCUT2D eigenvalue weighted by atomic mass is 16.5. The maximum atomic E-state index is 12.8. The number of rotatable bonds is 6. The van der Waals surface area contributed by atoms with Crippen LogP contribution in [0.1, 0.15) is 0 Å². The lowest BCUT2D eigenvalue weighted by Crippen LogP contribution is -2.50. The van der Waals surface area contributed by atoms with Crippen molar-refractivity contribution in [2.75, 3.05) is 37.7 Å². The smallest absolute Gasteiger partial charge is 0.262 e. The normalized spacial score (nSPS) is 13.7. The molecule has 1 saturated heterocycles. The molecule has 0 radical (unpaired) electrons. The zero-order chi connectivity index (χ0) is 22.5. The Bertz CT molecular complexity index is 1200. The summed E-state index contributed by atoms with van der Waals surface area (Å²) in [6.45, 7) is 2.90. The average Bonchev–Trinajstić information content (AvgIpc) is 3.39. The predicted molar refractivity (Wildman–Crippen MR) is 126 cm³/mol. The van der Waals surface area contributed by atoms with Gasteiger partial charge in [-0.15, -0.1) is 0 Å². The molecule has 1 fully saturated rings. The molecule has 0 N–H and O–H groups in total. The quantitative estimate of drug-likeness (QED) is 0.449. The van der Waals surface area contributed by atoms with Crippen molar-refractivity contribution in [1.82, 2.24) is 15.0 Å². The predicted octanol–water partition coefficient (Wildman–Crippen LogP) is 4.13. The van der Waals surface area contributed by atoms with Gasteiger partial charge in [0.05, 0.1) is 5.56 Å². The molecule has 5 rings (SSSR count). The molecule has 1 aliphatic rings. The van der Waals surface area contributed by atoms with E-state index in [0.29, 0.717) is 36.1 Å². The Morgan fingerprint density at radius 1 is 0.848 bits per heavy atom. The molecule has 7 nitrogen and oxygen atoms in total. The summed E-state index contributed by atoms with van der Waals surface area (Å²) in [6.07, 6.45) is 0. The average molecular weight is 441 g/mol. The molecular weight excluding hydrogens is 416 g/mol. The number of para-hydroxylation sites is 2. The summed E-state index contributed by atoms with van der Waals surface area (Å²) in [7, 11) is 0. The molecule has 166 valence electrons. The van der Waals surface area contributed by atoms with Crippen LogP contribution in [-0.2, 0) is 4.79 Å². The Kier molecular flexibility index (Phi) is 6.01. The molecule has 0 spiro atoms. The first-order valence-corrected chi connectivity index (χ1v) is 11.0. The Labute approximate surface area is 192 Å².